The molecule has 2 aliphatic rings. The fraction of sp³-hybridized carbons (Fsp3) is 0.647. The minimum Gasteiger partial charge on any atom is -0.370 e. The van der Waals surface area contributed by atoms with Crippen LogP contribution in [0, 0.1) is 5.92 Å². The first-order valence-electron chi connectivity index (χ1n) is 8.08. The molecule has 116 valence electrons. The number of piperidine rings is 1. The average Bonchev–Trinajstić information content (AvgIpc) is 3.01. The number of para-hydroxylation sites is 1. The number of halogens is 2. The van der Waals surface area contributed by atoms with Crippen molar-refractivity contribution in [2.75, 3.05) is 37.6 Å². The van der Waals surface area contributed by atoms with Gasteiger partial charge in [0.15, 0.2) is 0 Å². The minimum absolute atomic E-state index is 0.531. The first kappa shape index (κ1) is 15.5. The molecule has 0 aromatic heterocycles. The van der Waals surface area contributed by atoms with Crippen LogP contribution in [0.2, 0.25) is 5.02 Å². The fourth-order valence-electron chi connectivity index (χ4n) is 3.69. The van der Waals surface area contributed by atoms with Crippen LogP contribution in [0.5, 0.6) is 0 Å². The van der Waals surface area contributed by atoms with Crippen molar-refractivity contribution < 1.29 is 0 Å². The lowest BCUT2D eigenvalue weighted by molar-refractivity contribution is 0.249. The number of alkyl halides is 1. The summed E-state index contributed by atoms with van der Waals surface area (Å²) in [5, 5.41) is 0.839. The zero-order chi connectivity index (χ0) is 14.7. The van der Waals surface area contributed by atoms with Gasteiger partial charge in [0.25, 0.3) is 0 Å². The number of nitrogens with zero attached hydrogens (tertiary/aromatic N) is 2. The van der Waals surface area contributed by atoms with E-state index < -0.39 is 0 Å². The third-order valence-corrected chi connectivity index (χ3v) is 5.45. The van der Waals surface area contributed by atoms with Crippen LogP contribution in [0.4, 0.5) is 5.69 Å². The molecule has 2 heterocycles. The Morgan fingerprint density at radius 1 is 1.05 bits per heavy atom. The molecule has 21 heavy (non-hydrogen) atoms. The summed E-state index contributed by atoms with van der Waals surface area (Å²) in [5.74, 6) is 1.38. The molecule has 0 aliphatic carbocycles. The molecular weight excluding hydrogens is 303 g/mol. The van der Waals surface area contributed by atoms with Crippen molar-refractivity contribution in [1.82, 2.24) is 4.90 Å². The Hall–Kier alpha value is -0.440. The SMILES string of the molecule is ClCc1cccc(Cl)c1N1CCC(CN2CCCC2)CC1. The summed E-state index contributed by atoms with van der Waals surface area (Å²) in [6.07, 6.45) is 5.31. The first-order chi connectivity index (χ1) is 10.3. The van der Waals surface area contributed by atoms with E-state index in [1.54, 1.807) is 0 Å². The Balaban J connectivity index is 1.60. The first-order valence-corrected chi connectivity index (χ1v) is 9.00. The zero-order valence-corrected chi connectivity index (χ0v) is 14.0. The van der Waals surface area contributed by atoms with Crippen LogP contribution in [-0.2, 0) is 5.88 Å². The molecule has 0 saturated carbocycles. The van der Waals surface area contributed by atoms with Crippen molar-refractivity contribution in [3.05, 3.63) is 28.8 Å². The maximum Gasteiger partial charge on any atom is 0.0642 e. The summed E-state index contributed by atoms with van der Waals surface area (Å²) in [6.45, 7) is 6.11. The molecular formula is C17H24Cl2N2. The molecule has 2 aliphatic heterocycles. The maximum atomic E-state index is 6.41. The Morgan fingerprint density at radius 3 is 2.43 bits per heavy atom. The van der Waals surface area contributed by atoms with E-state index in [4.69, 9.17) is 23.2 Å². The van der Waals surface area contributed by atoms with Crippen molar-refractivity contribution in [1.29, 1.82) is 0 Å². The minimum atomic E-state index is 0.531. The van der Waals surface area contributed by atoms with E-state index in [1.165, 1.54) is 45.3 Å². The van der Waals surface area contributed by atoms with Crippen LogP contribution in [0.15, 0.2) is 18.2 Å². The van der Waals surface area contributed by atoms with Crippen LogP contribution < -0.4 is 4.90 Å². The predicted octanol–water partition coefficient (Wildman–Crippen LogP) is 4.39. The van der Waals surface area contributed by atoms with Gasteiger partial charge < -0.3 is 9.80 Å². The van der Waals surface area contributed by atoms with Gasteiger partial charge in [-0.05, 0) is 56.3 Å². The smallest absolute Gasteiger partial charge is 0.0642 e. The number of benzene rings is 1. The molecule has 0 atom stereocenters. The van der Waals surface area contributed by atoms with Gasteiger partial charge in [-0.3, -0.25) is 0 Å². The second kappa shape index (κ2) is 7.21. The number of rotatable bonds is 4. The molecule has 1 aromatic carbocycles. The standard InChI is InChI=1S/C17H24Cl2N2/c18-12-15-4-3-5-16(19)17(15)21-10-6-14(7-11-21)13-20-8-1-2-9-20/h3-5,14H,1-2,6-13H2. The van der Waals surface area contributed by atoms with E-state index in [-0.39, 0.29) is 0 Å². The van der Waals surface area contributed by atoms with Gasteiger partial charge in [0.1, 0.15) is 0 Å². The van der Waals surface area contributed by atoms with Gasteiger partial charge >= 0.3 is 0 Å². The Labute approximate surface area is 138 Å². The predicted molar refractivity (Wildman–Crippen MR) is 91.6 cm³/mol. The van der Waals surface area contributed by atoms with E-state index in [0.717, 1.165) is 35.3 Å². The van der Waals surface area contributed by atoms with Crippen molar-refractivity contribution in [3.63, 3.8) is 0 Å². The molecule has 0 N–H and O–H groups in total. The molecule has 3 rings (SSSR count). The highest BCUT2D eigenvalue weighted by atomic mass is 35.5. The lowest BCUT2D eigenvalue weighted by Crippen LogP contribution is -2.38. The maximum absolute atomic E-state index is 6.41. The number of hydrogen-bond donors (Lipinski definition) is 0. The largest absolute Gasteiger partial charge is 0.370 e. The normalized spacial score (nSPS) is 21.1. The van der Waals surface area contributed by atoms with Crippen LogP contribution >= 0.6 is 23.2 Å². The van der Waals surface area contributed by atoms with Gasteiger partial charge in [-0.25, -0.2) is 0 Å². The molecule has 0 radical (unpaired) electrons. The summed E-state index contributed by atoms with van der Waals surface area (Å²) in [6, 6.07) is 6.05. The van der Waals surface area contributed by atoms with E-state index in [1.807, 2.05) is 12.1 Å². The van der Waals surface area contributed by atoms with Crippen molar-refractivity contribution in [2.24, 2.45) is 5.92 Å². The summed E-state index contributed by atoms with van der Waals surface area (Å²) in [4.78, 5) is 5.07. The summed E-state index contributed by atoms with van der Waals surface area (Å²) >= 11 is 12.5. The Bertz CT molecular complexity index is 464. The second-order valence-electron chi connectivity index (χ2n) is 6.32. The van der Waals surface area contributed by atoms with Crippen molar-refractivity contribution in [2.45, 2.75) is 31.6 Å². The molecule has 4 heteroatoms. The number of likely N-dealkylation sites (tertiary alicyclic amines) is 1. The van der Waals surface area contributed by atoms with E-state index in [9.17, 15) is 0 Å². The van der Waals surface area contributed by atoms with Gasteiger partial charge in [0.2, 0.25) is 0 Å². The molecule has 2 saturated heterocycles. The van der Waals surface area contributed by atoms with Gasteiger partial charge in [-0.15, -0.1) is 11.6 Å². The average molecular weight is 327 g/mol. The van der Waals surface area contributed by atoms with Crippen LogP contribution in [0.3, 0.4) is 0 Å². The molecule has 0 unspecified atom stereocenters. The highest BCUT2D eigenvalue weighted by Crippen LogP contribution is 2.34. The summed E-state index contributed by atoms with van der Waals surface area (Å²) < 4.78 is 0. The lowest BCUT2D eigenvalue weighted by Gasteiger charge is -2.36. The third kappa shape index (κ3) is 3.67. The van der Waals surface area contributed by atoms with E-state index in [2.05, 4.69) is 15.9 Å². The highest BCUT2D eigenvalue weighted by molar-refractivity contribution is 6.33. The van der Waals surface area contributed by atoms with Gasteiger partial charge in [0.05, 0.1) is 10.7 Å². The van der Waals surface area contributed by atoms with Crippen LogP contribution in [-0.4, -0.2) is 37.6 Å². The molecule has 2 nitrogen and oxygen atoms in total. The van der Waals surface area contributed by atoms with Crippen molar-refractivity contribution in [3.8, 4) is 0 Å². The molecule has 2 fully saturated rings. The Kier molecular flexibility index (Phi) is 5.31. The van der Waals surface area contributed by atoms with E-state index >= 15 is 0 Å². The molecule has 0 spiro atoms. The van der Waals surface area contributed by atoms with Crippen LogP contribution in [0.1, 0.15) is 31.2 Å². The topological polar surface area (TPSA) is 6.48 Å². The highest BCUT2D eigenvalue weighted by Gasteiger charge is 2.24. The summed E-state index contributed by atoms with van der Waals surface area (Å²) in [5.41, 5.74) is 2.32. The summed E-state index contributed by atoms with van der Waals surface area (Å²) in [7, 11) is 0. The molecule has 0 bridgehead atoms. The van der Waals surface area contributed by atoms with Gasteiger partial charge in [-0.1, -0.05) is 23.7 Å². The van der Waals surface area contributed by atoms with E-state index in [0.29, 0.717) is 5.88 Å². The number of hydrogen-bond acceptors (Lipinski definition) is 2. The van der Waals surface area contributed by atoms with Crippen LogP contribution in [0.25, 0.3) is 0 Å². The van der Waals surface area contributed by atoms with Gasteiger partial charge in [0, 0.05) is 25.5 Å². The monoisotopic (exact) mass is 326 g/mol. The molecule has 1 aromatic rings. The lowest BCUT2D eigenvalue weighted by atomic mass is 9.95. The quantitative estimate of drug-likeness (QED) is 0.757. The third-order valence-electron chi connectivity index (χ3n) is 4.86. The zero-order valence-electron chi connectivity index (χ0n) is 12.5. The second-order valence-corrected chi connectivity index (χ2v) is 6.99. The van der Waals surface area contributed by atoms with Crippen molar-refractivity contribution >= 4 is 28.9 Å². The van der Waals surface area contributed by atoms with Gasteiger partial charge in [-0.2, -0.15) is 0 Å². The Morgan fingerprint density at radius 2 is 1.76 bits per heavy atom. The fourth-order valence-corrected chi connectivity index (χ4v) is 4.22. The molecule has 0 amide bonds. The number of anilines is 1.